The minimum Gasteiger partial charge on any atom is -0.454 e. The average molecular weight is 362 g/mol. The van der Waals surface area contributed by atoms with Crippen molar-refractivity contribution < 1.29 is 19.1 Å². The van der Waals surface area contributed by atoms with Gasteiger partial charge in [0.05, 0.1) is 5.02 Å². The number of carbonyl (C=O) groups excluding carboxylic acids is 3. The van der Waals surface area contributed by atoms with Crippen molar-refractivity contribution in [3.05, 3.63) is 59.2 Å². The van der Waals surface area contributed by atoms with E-state index >= 15 is 0 Å². The number of pyridine rings is 1. The van der Waals surface area contributed by atoms with E-state index in [0.717, 1.165) is 0 Å². The second kappa shape index (κ2) is 8.79. The summed E-state index contributed by atoms with van der Waals surface area (Å²) in [5.41, 5.74) is 0.425. The average Bonchev–Trinajstić information content (AvgIpc) is 2.62. The number of halogens is 1. The van der Waals surface area contributed by atoms with Crippen molar-refractivity contribution in [2.75, 3.05) is 11.9 Å². The number of nitrogens with one attached hydrogen (secondary N) is 2. The molecular weight excluding hydrogens is 346 g/mol. The van der Waals surface area contributed by atoms with E-state index < -0.39 is 30.4 Å². The Hall–Kier alpha value is -2.93. The van der Waals surface area contributed by atoms with Gasteiger partial charge in [-0.1, -0.05) is 29.8 Å². The second-order valence-electron chi connectivity index (χ2n) is 5.08. The third kappa shape index (κ3) is 5.89. The molecule has 25 heavy (non-hydrogen) atoms. The van der Waals surface area contributed by atoms with E-state index in [1.54, 1.807) is 36.4 Å². The minimum absolute atomic E-state index is 0.288. The second-order valence-corrected chi connectivity index (χ2v) is 5.52. The molecule has 2 amide bonds. The Labute approximate surface area is 149 Å². The van der Waals surface area contributed by atoms with Crippen LogP contribution in [0.4, 0.5) is 5.82 Å². The van der Waals surface area contributed by atoms with Gasteiger partial charge in [-0.25, -0.2) is 9.78 Å². The standard InChI is InChI=1S/C17H16ClN3O4/c1-11(20-16(23)12-5-3-2-4-6-12)17(24)25-10-15(22)21-14-8-7-13(18)9-19-14/h2-9,11H,10H2,1H3,(H,20,23)(H,19,21,22)/t11-/m1/s1. The number of nitrogens with zero attached hydrogens (tertiary/aromatic N) is 1. The Morgan fingerprint density at radius 2 is 1.88 bits per heavy atom. The number of rotatable bonds is 6. The molecule has 1 aromatic heterocycles. The van der Waals surface area contributed by atoms with Crippen molar-refractivity contribution in [3.8, 4) is 0 Å². The van der Waals surface area contributed by atoms with Crippen molar-refractivity contribution in [2.45, 2.75) is 13.0 Å². The van der Waals surface area contributed by atoms with Crippen molar-refractivity contribution in [2.24, 2.45) is 0 Å². The quantitative estimate of drug-likeness (QED) is 0.767. The normalized spacial score (nSPS) is 11.3. The summed E-state index contributed by atoms with van der Waals surface area (Å²) in [6.45, 7) is 0.983. The minimum atomic E-state index is -0.894. The van der Waals surface area contributed by atoms with Crippen LogP contribution >= 0.6 is 11.6 Å². The van der Waals surface area contributed by atoms with E-state index in [-0.39, 0.29) is 5.82 Å². The fourth-order valence-corrected chi connectivity index (χ4v) is 1.93. The molecule has 1 heterocycles. The number of amides is 2. The summed E-state index contributed by atoms with van der Waals surface area (Å²) in [7, 11) is 0. The zero-order valence-electron chi connectivity index (χ0n) is 13.4. The molecule has 2 aromatic rings. The van der Waals surface area contributed by atoms with Crippen LogP contribution in [-0.4, -0.2) is 35.4 Å². The molecule has 0 aliphatic carbocycles. The molecule has 0 fully saturated rings. The van der Waals surface area contributed by atoms with Gasteiger partial charge in [0.2, 0.25) is 0 Å². The molecule has 0 bridgehead atoms. The smallest absolute Gasteiger partial charge is 0.328 e. The van der Waals surface area contributed by atoms with Gasteiger partial charge < -0.3 is 15.4 Å². The van der Waals surface area contributed by atoms with Gasteiger partial charge in [-0.2, -0.15) is 0 Å². The Bertz CT molecular complexity index is 750. The molecule has 8 heteroatoms. The van der Waals surface area contributed by atoms with Crippen LogP contribution < -0.4 is 10.6 Å². The summed E-state index contributed by atoms with van der Waals surface area (Å²) in [4.78, 5) is 39.4. The van der Waals surface area contributed by atoms with Gasteiger partial charge in [0.25, 0.3) is 11.8 Å². The molecule has 7 nitrogen and oxygen atoms in total. The summed E-state index contributed by atoms with van der Waals surface area (Å²) in [6.07, 6.45) is 1.38. The maximum atomic E-state index is 11.9. The van der Waals surface area contributed by atoms with E-state index in [1.807, 2.05) is 0 Å². The van der Waals surface area contributed by atoms with Crippen LogP contribution in [0.25, 0.3) is 0 Å². The molecule has 0 saturated carbocycles. The molecule has 0 saturated heterocycles. The molecule has 2 N–H and O–H groups in total. The highest BCUT2D eigenvalue weighted by Gasteiger charge is 2.19. The summed E-state index contributed by atoms with van der Waals surface area (Å²) >= 11 is 5.69. The first-order chi connectivity index (χ1) is 12.0. The molecule has 0 radical (unpaired) electrons. The molecule has 1 atom stereocenters. The van der Waals surface area contributed by atoms with Crippen molar-refractivity contribution in [3.63, 3.8) is 0 Å². The molecule has 0 unspecified atom stereocenters. The van der Waals surface area contributed by atoms with E-state index in [4.69, 9.17) is 16.3 Å². The number of aromatic nitrogens is 1. The third-order valence-electron chi connectivity index (χ3n) is 3.08. The molecule has 2 rings (SSSR count). The van der Waals surface area contributed by atoms with Crippen LogP contribution in [0.3, 0.4) is 0 Å². The van der Waals surface area contributed by atoms with Gasteiger partial charge in [-0.15, -0.1) is 0 Å². The van der Waals surface area contributed by atoms with E-state index in [2.05, 4.69) is 15.6 Å². The van der Waals surface area contributed by atoms with Crippen molar-refractivity contribution >= 4 is 35.2 Å². The SMILES string of the molecule is C[C@@H](NC(=O)c1ccccc1)C(=O)OCC(=O)Nc1ccc(Cl)cn1. The van der Waals surface area contributed by atoms with Gasteiger partial charge in [0.1, 0.15) is 11.9 Å². The molecule has 1 aromatic carbocycles. The van der Waals surface area contributed by atoms with Crippen molar-refractivity contribution in [1.82, 2.24) is 10.3 Å². The lowest BCUT2D eigenvalue weighted by atomic mass is 10.2. The van der Waals surface area contributed by atoms with Crippen LogP contribution in [0, 0.1) is 0 Å². The zero-order chi connectivity index (χ0) is 18.2. The van der Waals surface area contributed by atoms with Gasteiger partial charge in [-0.05, 0) is 31.2 Å². The monoisotopic (exact) mass is 361 g/mol. The summed E-state index contributed by atoms with van der Waals surface area (Å²) in [5.74, 6) is -1.39. The Kier molecular flexibility index (Phi) is 6.47. The van der Waals surface area contributed by atoms with Gasteiger partial charge >= 0.3 is 5.97 Å². The molecule has 0 aliphatic rings. The third-order valence-corrected chi connectivity index (χ3v) is 3.30. The lowest BCUT2D eigenvalue weighted by molar-refractivity contribution is -0.148. The molecule has 0 spiro atoms. The Morgan fingerprint density at radius 1 is 1.16 bits per heavy atom. The predicted molar refractivity (Wildman–Crippen MR) is 92.2 cm³/mol. The number of carbonyl (C=O) groups is 3. The number of hydrogen-bond acceptors (Lipinski definition) is 5. The van der Waals surface area contributed by atoms with E-state index in [0.29, 0.717) is 10.6 Å². The number of anilines is 1. The first-order valence-electron chi connectivity index (χ1n) is 7.39. The lowest BCUT2D eigenvalue weighted by Crippen LogP contribution is -2.40. The summed E-state index contributed by atoms with van der Waals surface area (Å²) < 4.78 is 4.88. The van der Waals surface area contributed by atoms with E-state index in [9.17, 15) is 14.4 Å². The molecular formula is C17H16ClN3O4. The Morgan fingerprint density at radius 3 is 2.52 bits per heavy atom. The number of hydrogen-bond donors (Lipinski definition) is 2. The summed E-state index contributed by atoms with van der Waals surface area (Å²) in [6, 6.07) is 10.7. The predicted octanol–water partition coefficient (Wildman–Crippen LogP) is 2.04. The van der Waals surface area contributed by atoms with Gasteiger partial charge in [-0.3, -0.25) is 9.59 Å². The fraction of sp³-hybridized carbons (Fsp3) is 0.176. The summed E-state index contributed by atoms with van der Waals surface area (Å²) in [5, 5.41) is 5.40. The number of ether oxygens (including phenoxy) is 1. The van der Waals surface area contributed by atoms with Crippen LogP contribution in [0.15, 0.2) is 48.7 Å². The van der Waals surface area contributed by atoms with Crippen LogP contribution in [-0.2, 0) is 14.3 Å². The van der Waals surface area contributed by atoms with Crippen LogP contribution in [0.1, 0.15) is 17.3 Å². The van der Waals surface area contributed by atoms with Gasteiger partial charge in [0.15, 0.2) is 6.61 Å². The topological polar surface area (TPSA) is 97.4 Å². The van der Waals surface area contributed by atoms with Crippen molar-refractivity contribution in [1.29, 1.82) is 0 Å². The Balaban J connectivity index is 1.78. The number of esters is 1. The number of benzene rings is 1. The highest BCUT2D eigenvalue weighted by Crippen LogP contribution is 2.09. The lowest BCUT2D eigenvalue weighted by Gasteiger charge is -2.13. The maximum Gasteiger partial charge on any atom is 0.328 e. The first-order valence-corrected chi connectivity index (χ1v) is 7.77. The molecule has 130 valence electrons. The maximum absolute atomic E-state index is 11.9. The largest absolute Gasteiger partial charge is 0.454 e. The van der Waals surface area contributed by atoms with Crippen LogP contribution in [0.2, 0.25) is 5.02 Å². The first kappa shape index (κ1) is 18.4. The zero-order valence-corrected chi connectivity index (χ0v) is 14.1. The van der Waals surface area contributed by atoms with E-state index in [1.165, 1.54) is 19.2 Å². The highest BCUT2D eigenvalue weighted by atomic mass is 35.5. The fourth-order valence-electron chi connectivity index (χ4n) is 1.82. The molecule has 0 aliphatic heterocycles. The van der Waals surface area contributed by atoms with Crippen LogP contribution in [0.5, 0.6) is 0 Å². The highest BCUT2D eigenvalue weighted by molar-refractivity contribution is 6.30. The van der Waals surface area contributed by atoms with Gasteiger partial charge in [0, 0.05) is 11.8 Å².